The first kappa shape index (κ1) is 18.2. The average molecular weight is 420 g/mol. The van der Waals surface area contributed by atoms with Gasteiger partial charge in [-0.05, 0) is 30.3 Å². The molecule has 150 valence electrons. The number of aromatic nitrogens is 3. The van der Waals surface area contributed by atoms with Crippen LogP contribution in [-0.4, -0.2) is 34.6 Å². The molecule has 0 atom stereocenters. The van der Waals surface area contributed by atoms with Gasteiger partial charge in [0.1, 0.15) is 0 Å². The lowest BCUT2D eigenvalue weighted by Crippen LogP contribution is -2.14. The van der Waals surface area contributed by atoms with Crippen molar-refractivity contribution >= 4 is 22.4 Å². The van der Waals surface area contributed by atoms with Crippen LogP contribution in [0.2, 0.25) is 0 Å². The molecule has 0 bridgehead atoms. The molecule has 8 nitrogen and oxygen atoms in total. The number of hydrogen-bond acceptors (Lipinski definition) is 7. The van der Waals surface area contributed by atoms with Crippen LogP contribution >= 0.6 is 11.3 Å². The summed E-state index contributed by atoms with van der Waals surface area (Å²) in [6.45, 7) is 0.217. The molecular formula is C21H16N4O4S. The Kier molecular flexibility index (Phi) is 4.56. The molecule has 9 heteroatoms. The zero-order valence-electron chi connectivity index (χ0n) is 15.9. The summed E-state index contributed by atoms with van der Waals surface area (Å²) >= 11 is 1.33. The lowest BCUT2D eigenvalue weighted by atomic mass is 10.1. The Hall–Kier alpha value is -3.85. The number of thiazole rings is 1. The predicted molar refractivity (Wildman–Crippen MR) is 112 cm³/mol. The number of carbonyl (C=O) groups is 1. The Labute approximate surface area is 175 Å². The second-order valence-corrected chi connectivity index (χ2v) is 7.24. The summed E-state index contributed by atoms with van der Waals surface area (Å²) in [7, 11) is 1.50. The van der Waals surface area contributed by atoms with Gasteiger partial charge in [0.2, 0.25) is 6.79 Å². The van der Waals surface area contributed by atoms with Gasteiger partial charge in [-0.2, -0.15) is 5.10 Å². The topological polar surface area (TPSA) is 87.5 Å². The van der Waals surface area contributed by atoms with Crippen molar-refractivity contribution in [1.82, 2.24) is 14.8 Å². The summed E-state index contributed by atoms with van der Waals surface area (Å²) in [5, 5.41) is 9.50. The lowest BCUT2D eigenvalue weighted by molar-refractivity contribution is 0.101. The van der Waals surface area contributed by atoms with E-state index >= 15 is 0 Å². The highest BCUT2D eigenvalue weighted by molar-refractivity contribution is 7.14. The number of methoxy groups -OCH3 is 1. The van der Waals surface area contributed by atoms with Crippen molar-refractivity contribution in [2.45, 2.75) is 0 Å². The fourth-order valence-electron chi connectivity index (χ4n) is 3.05. The van der Waals surface area contributed by atoms with Crippen LogP contribution in [0.4, 0.5) is 5.13 Å². The predicted octanol–water partition coefficient (Wildman–Crippen LogP) is 3.99. The van der Waals surface area contributed by atoms with Gasteiger partial charge in [-0.25, -0.2) is 9.67 Å². The highest BCUT2D eigenvalue weighted by atomic mass is 32.1. The number of rotatable bonds is 5. The number of hydrogen-bond donors (Lipinski definition) is 1. The minimum absolute atomic E-state index is 0.182. The largest absolute Gasteiger partial charge is 0.493 e. The number of nitrogens with one attached hydrogen (secondary N) is 1. The number of amides is 1. The number of benzene rings is 2. The second kappa shape index (κ2) is 7.53. The van der Waals surface area contributed by atoms with Crippen LogP contribution in [0.25, 0.3) is 16.9 Å². The quantitative estimate of drug-likeness (QED) is 0.525. The Morgan fingerprint density at radius 1 is 1.17 bits per heavy atom. The number of para-hydroxylation sites is 1. The Morgan fingerprint density at radius 3 is 2.83 bits per heavy atom. The van der Waals surface area contributed by atoms with E-state index in [1.54, 1.807) is 10.9 Å². The van der Waals surface area contributed by atoms with Gasteiger partial charge in [-0.3, -0.25) is 10.1 Å². The van der Waals surface area contributed by atoms with Gasteiger partial charge in [-0.1, -0.05) is 18.2 Å². The molecule has 1 aliphatic heterocycles. The smallest absolute Gasteiger partial charge is 0.281 e. The SMILES string of the molecule is COc1cn(-c2ccccc2)nc1C(=O)Nc1nc(-c2ccc3c(c2)OCO3)cs1. The van der Waals surface area contributed by atoms with E-state index in [9.17, 15) is 4.79 Å². The molecule has 3 heterocycles. The van der Waals surface area contributed by atoms with Crippen LogP contribution < -0.4 is 19.5 Å². The van der Waals surface area contributed by atoms with Gasteiger partial charge in [0.25, 0.3) is 5.91 Å². The molecular weight excluding hydrogens is 404 g/mol. The molecule has 0 spiro atoms. The monoisotopic (exact) mass is 420 g/mol. The van der Waals surface area contributed by atoms with Gasteiger partial charge in [0.05, 0.1) is 24.7 Å². The molecule has 0 saturated heterocycles. The van der Waals surface area contributed by atoms with Crippen LogP contribution in [0.3, 0.4) is 0 Å². The molecule has 4 aromatic rings. The minimum Gasteiger partial charge on any atom is -0.493 e. The van der Waals surface area contributed by atoms with Gasteiger partial charge < -0.3 is 14.2 Å². The fourth-order valence-corrected chi connectivity index (χ4v) is 3.77. The molecule has 0 unspecified atom stereocenters. The van der Waals surface area contributed by atoms with Crippen molar-refractivity contribution in [3.05, 3.63) is 65.8 Å². The van der Waals surface area contributed by atoms with E-state index in [0.29, 0.717) is 22.4 Å². The number of carbonyl (C=O) groups excluding carboxylic acids is 1. The molecule has 0 saturated carbocycles. The number of nitrogens with zero attached hydrogens (tertiary/aromatic N) is 3. The zero-order chi connectivity index (χ0) is 20.5. The standard InChI is InChI=1S/C21H16N4O4S/c1-27-18-10-25(14-5-3-2-4-6-14)24-19(18)20(26)23-21-22-15(11-30-21)13-7-8-16-17(9-13)29-12-28-16/h2-11H,12H2,1H3,(H,22,23,26). The van der Waals surface area contributed by atoms with Crippen molar-refractivity contribution in [3.8, 4) is 34.2 Å². The van der Waals surface area contributed by atoms with E-state index in [1.807, 2.05) is 53.9 Å². The first-order valence-electron chi connectivity index (χ1n) is 9.07. The van der Waals surface area contributed by atoms with E-state index < -0.39 is 5.91 Å². The van der Waals surface area contributed by atoms with Crippen LogP contribution in [0, 0.1) is 0 Å². The Bertz CT molecular complexity index is 1220. The molecule has 1 N–H and O–H groups in total. The maximum absolute atomic E-state index is 12.8. The van der Waals surface area contributed by atoms with Crippen LogP contribution in [0.1, 0.15) is 10.5 Å². The summed E-state index contributed by atoms with van der Waals surface area (Å²) in [4.78, 5) is 17.3. The molecule has 0 fully saturated rings. The first-order chi connectivity index (χ1) is 14.7. The maximum atomic E-state index is 12.8. The third-order valence-corrected chi connectivity index (χ3v) is 5.29. The molecule has 1 amide bonds. The van der Waals surface area contributed by atoms with E-state index in [1.165, 1.54) is 18.4 Å². The molecule has 0 aliphatic carbocycles. The first-order valence-corrected chi connectivity index (χ1v) is 9.95. The molecule has 5 rings (SSSR count). The van der Waals surface area contributed by atoms with Crippen molar-refractivity contribution in [2.75, 3.05) is 19.2 Å². The van der Waals surface area contributed by atoms with E-state index in [2.05, 4.69) is 15.4 Å². The fraction of sp³-hybridized carbons (Fsp3) is 0.0952. The van der Waals surface area contributed by atoms with Crippen LogP contribution in [0.15, 0.2) is 60.1 Å². The minimum atomic E-state index is -0.395. The third-order valence-electron chi connectivity index (χ3n) is 4.53. The van der Waals surface area contributed by atoms with E-state index in [-0.39, 0.29) is 12.5 Å². The van der Waals surface area contributed by atoms with Gasteiger partial charge in [-0.15, -0.1) is 11.3 Å². The van der Waals surface area contributed by atoms with Crippen molar-refractivity contribution in [2.24, 2.45) is 0 Å². The summed E-state index contributed by atoms with van der Waals surface area (Å²) in [6.07, 6.45) is 1.67. The molecule has 1 aliphatic rings. The Balaban J connectivity index is 1.37. The summed E-state index contributed by atoms with van der Waals surface area (Å²) < 4.78 is 17.7. The maximum Gasteiger partial charge on any atom is 0.281 e. The second-order valence-electron chi connectivity index (χ2n) is 6.39. The third kappa shape index (κ3) is 3.35. The normalized spacial score (nSPS) is 12.0. The summed E-state index contributed by atoms with van der Waals surface area (Å²) in [5.41, 5.74) is 2.62. The number of anilines is 1. The van der Waals surface area contributed by atoms with Gasteiger partial charge in [0.15, 0.2) is 28.1 Å². The van der Waals surface area contributed by atoms with E-state index in [0.717, 1.165) is 16.9 Å². The average Bonchev–Trinajstić information content (AvgIpc) is 3.52. The summed E-state index contributed by atoms with van der Waals surface area (Å²) in [6, 6.07) is 15.1. The molecule has 30 heavy (non-hydrogen) atoms. The number of fused-ring (bicyclic) bond motifs is 1. The zero-order valence-corrected chi connectivity index (χ0v) is 16.7. The van der Waals surface area contributed by atoms with Crippen molar-refractivity contribution < 1.29 is 19.0 Å². The highest BCUT2D eigenvalue weighted by Gasteiger charge is 2.20. The summed E-state index contributed by atoms with van der Waals surface area (Å²) in [5.74, 6) is 1.38. The lowest BCUT2D eigenvalue weighted by Gasteiger charge is -2.01. The van der Waals surface area contributed by atoms with Crippen LogP contribution in [-0.2, 0) is 0 Å². The van der Waals surface area contributed by atoms with Gasteiger partial charge in [0, 0.05) is 10.9 Å². The number of ether oxygens (including phenoxy) is 3. The van der Waals surface area contributed by atoms with Crippen molar-refractivity contribution in [3.63, 3.8) is 0 Å². The van der Waals surface area contributed by atoms with Crippen molar-refractivity contribution in [1.29, 1.82) is 0 Å². The molecule has 2 aromatic carbocycles. The Morgan fingerprint density at radius 2 is 2.00 bits per heavy atom. The van der Waals surface area contributed by atoms with Crippen LogP contribution in [0.5, 0.6) is 17.2 Å². The molecule has 0 radical (unpaired) electrons. The molecule has 2 aromatic heterocycles. The van der Waals surface area contributed by atoms with E-state index in [4.69, 9.17) is 14.2 Å². The van der Waals surface area contributed by atoms with Gasteiger partial charge >= 0.3 is 0 Å². The highest BCUT2D eigenvalue weighted by Crippen LogP contribution is 2.36.